The van der Waals surface area contributed by atoms with Crippen molar-refractivity contribution < 1.29 is 22.8 Å². The van der Waals surface area contributed by atoms with E-state index in [2.05, 4.69) is 5.32 Å². The van der Waals surface area contributed by atoms with Gasteiger partial charge in [0.2, 0.25) is 5.91 Å². The molecule has 5 nitrogen and oxygen atoms in total. The lowest BCUT2D eigenvalue weighted by Crippen LogP contribution is -2.42. The zero-order chi connectivity index (χ0) is 21.1. The topological polar surface area (TPSA) is 52.7 Å². The fraction of sp³-hybridized carbons (Fsp3) is 0.579. The van der Waals surface area contributed by atoms with Crippen molar-refractivity contribution in [2.45, 2.75) is 50.0 Å². The maximum atomic E-state index is 12.8. The molecule has 0 spiro atoms. The van der Waals surface area contributed by atoms with Gasteiger partial charge in [-0.3, -0.25) is 4.79 Å². The number of urea groups is 1. The third kappa shape index (κ3) is 5.56. The third-order valence-corrected chi connectivity index (χ3v) is 5.82. The molecule has 2 atom stereocenters. The first-order valence-electron chi connectivity index (χ1n) is 9.15. The van der Waals surface area contributed by atoms with Crippen LogP contribution < -0.4 is 5.32 Å². The lowest BCUT2D eigenvalue weighted by Gasteiger charge is -2.26. The Morgan fingerprint density at radius 2 is 1.89 bits per heavy atom. The fourth-order valence-corrected chi connectivity index (χ4v) is 4.24. The van der Waals surface area contributed by atoms with Crippen LogP contribution in [0, 0.1) is 0 Å². The van der Waals surface area contributed by atoms with E-state index in [1.54, 1.807) is 23.8 Å². The first-order valence-corrected chi connectivity index (χ1v) is 10.1. The van der Waals surface area contributed by atoms with Gasteiger partial charge in [0.05, 0.1) is 10.8 Å². The summed E-state index contributed by atoms with van der Waals surface area (Å²) in [7, 11) is 1.69. The number of benzene rings is 1. The number of rotatable bonds is 6. The molecule has 0 saturated carbocycles. The molecule has 9 heteroatoms. The van der Waals surface area contributed by atoms with Crippen molar-refractivity contribution in [2.24, 2.45) is 0 Å². The van der Waals surface area contributed by atoms with Gasteiger partial charge in [-0.1, -0.05) is 12.1 Å². The Bertz CT molecular complexity index is 695. The molecule has 0 radical (unpaired) electrons. The van der Waals surface area contributed by atoms with Crippen molar-refractivity contribution in [3.63, 3.8) is 0 Å². The highest BCUT2D eigenvalue weighted by Gasteiger charge is 2.38. The Labute approximate surface area is 167 Å². The third-order valence-electron chi connectivity index (χ3n) is 4.42. The Balaban J connectivity index is 2.01. The van der Waals surface area contributed by atoms with Crippen molar-refractivity contribution in [3.8, 4) is 0 Å². The smallest absolute Gasteiger partial charge is 0.336 e. The number of hydrogen-bond donors (Lipinski definition) is 1. The lowest BCUT2D eigenvalue weighted by molar-refractivity contribution is -0.137. The molecule has 0 aromatic heterocycles. The summed E-state index contributed by atoms with van der Waals surface area (Å²) >= 11 is 1.42. The minimum absolute atomic E-state index is 0.0378. The molecule has 1 aromatic carbocycles. The number of carbonyl (C=O) groups excluding carboxylic acids is 2. The van der Waals surface area contributed by atoms with Crippen molar-refractivity contribution in [1.29, 1.82) is 0 Å². The van der Waals surface area contributed by atoms with E-state index >= 15 is 0 Å². The molecule has 1 aromatic rings. The van der Waals surface area contributed by atoms with Gasteiger partial charge in [-0.2, -0.15) is 13.2 Å². The van der Waals surface area contributed by atoms with Gasteiger partial charge in [0.15, 0.2) is 0 Å². The highest BCUT2D eigenvalue weighted by Crippen LogP contribution is 2.43. The Kier molecular flexibility index (Phi) is 7.25. The molecule has 0 aliphatic carbocycles. The van der Waals surface area contributed by atoms with Gasteiger partial charge in [-0.15, -0.1) is 11.8 Å². The van der Waals surface area contributed by atoms with E-state index in [0.29, 0.717) is 25.1 Å². The molecule has 1 fully saturated rings. The van der Waals surface area contributed by atoms with Crippen LogP contribution in [-0.2, 0) is 11.0 Å². The lowest BCUT2D eigenvalue weighted by atomic mass is 10.1. The average Bonchev–Trinajstić information content (AvgIpc) is 2.88. The van der Waals surface area contributed by atoms with Crippen LogP contribution in [0.2, 0.25) is 0 Å². The first-order chi connectivity index (χ1) is 13.0. The van der Waals surface area contributed by atoms with E-state index in [-0.39, 0.29) is 28.6 Å². The molecule has 156 valence electrons. The monoisotopic (exact) mass is 417 g/mol. The Morgan fingerprint density at radius 1 is 1.29 bits per heavy atom. The summed E-state index contributed by atoms with van der Waals surface area (Å²) in [4.78, 5) is 27.7. The highest BCUT2D eigenvalue weighted by atomic mass is 32.2. The normalized spacial score (nSPS) is 20.0. The molecule has 1 saturated heterocycles. The Morgan fingerprint density at radius 3 is 2.43 bits per heavy atom. The molecule has 1 aliphatic rings. The zero-order valence-corrected chi connectivity index (χ0v) is 17.2. The molecular formula is C19H26F3N3O2S. The van der Waals surface area contributed by atoms with Crippen LogP contribution in [0.15, 0.2) is 24.3 Å². The van der Waals surface area contributed by atoms with E-state index < -0.39 is 11.7 Å². The number of halogens is 3. The number of nitrogens with one attached hydrogen (secondary N) is 1. The summed E-state index contributed by atoms with van der Waals surface area (Å²) in [6.07, 6.45) is -3.80. The second-order valence-electron chi connectivity index (χ2n) is 7.16. The fourth-order valence-electron chi connectivity index (χ4n) is 2.93. The number of amides is 3. The zero-order valence-electron chi connectivity index (χ0n) is 16.4. The molecular weight excluding hydrogens is 391 g/mol. The number of thioether (sulfide) groups is 1. The molecule has 0 bridgehead atoms. The van der Waals surface area contributed by atoms with E-state index in [1.165, 1.54) is 23.9 Å². The van der Waals surface area contributed by atoms with Crippen molar-refractivity contribution in [3.05, 3.63) is 35.4 Å². The number of nitrogens with zero attached hydrogens (tertiary/aromatic N) is 2. The van der Waals surface area contributed by atoms with Gasteiger partial charge in [0.25, 0.3) is 0 Å². The standard InChI is InChI=1S/C19H26F3N3O2S/c1-12(2)23-18(27)24(4)10-5-11-25-16(26)13(3)28-17(25)14-6-8-15(9-7-14)19(20,21)22/h6-9,12-13,17H,5,10-11H2,1-4H3,(H,23,27)/t13-,17+/m0/s1. The maximum Gasteiger partial charge on any atom is 0.416 e. The van der Waals surface area contributed by atoms with E-state index in [9.17, 15) is 22.8 Å². The minimum atomic E-state index is -4.38. The van der Waals surface area contributed by atoms with Crippen molar-refractivity contribution in [2.75, 3.05) is 20.1 Å². The molecule has 0 unspecified atom stereocenters. The largest absolute Gasteiger partial charge is 0.416 e. The summed E-state index contributed by atoms with van der Waals surface area (Å²) in [6, 6.07) is 4.82. The predicted octanol–water partition coefficient (Wildman–Crippen LogP) is 4.11. The molecule has 1 aliphatic heterocycles. The average molecular weight is 417 g/mol. The van der Waals surface area contributed by atoms with Crippen LogP contribution in [0.1, 0.15) is 43.7 Å². The van der Waals surface area contributed by atoms with Crippen LogP contribution in [0.25, 0.3) is 0 Å². The van der Waals surface area contributed by atoms with Crippen LogP contribution in [0.5, 0.6) is 0 Å². The Hall–Kier alpha value is -1.90. The quantitative estimate of drug-likeness (QED) is 0.758. The molecule has 2 rings (SSSR count). The van der Waals surface area contributed by atoms with Crippen LogP contribution in [0.4, 0.5) is 18.0 Å². The number of carbonyl (C=O) groups is 2. The van der Waals surface area contributed by atoms with Gasteiger partial charge in [0, 0.05) is 26.2 Å². The summed E-state index contributed by atoms with van der Waals surface area (Å²) in [5.41, 5.74) is -0.0374. The molecule has 1 heterocycles. The van der Waals surface area contributed by atoms with Crippen molar-refractivity contribution in [1.82, 2.24) is 15.1 Å². The van der Waals surface area contributed by atoms with E-state index in [4.69, 9.17) is 0 Å². The predicted molar refractivity (Wildman–Crippen MR) is 104 cm³/mol. The second-order valence-corrected chi connectivity index (χ2v) is 8.59. The summed E-state index contributed by atoms with van der Waals surface area (Å²) in [6.45, 7) is 6.46. The number of alkyl halides is 3. The molecule has 1 N–H and O–H groups in total. The van der Waals surface area contributed by atoms with Gasteiger partial charge in [-0.05, 0) is 44.9 Å². The minimum Gasteiger partial charge on any atom is -0.336 e. The van der Waals surface area contributed by atoms with E-state index in [1.807, 2.05) is 13.8 Å². The van der Waals surface area contributed by atoms with Gasteiger partial charge in [-0.25, -0.2) is 4.79 Å². The van der Waals surface area contributed by atoms with E-state index in [0.717, 1.165) is 12.1 Å². The summed E-state index contributed by atoms with van der Waals surface area (Å²) < 4.78 is 38.3. The highest BCUT2D eigenvalue weighted by molar-refractivity contribution is 8.01. The second kappa shape index (κ2) is 9.07. The first kappa shape index (κ1) is 22.4. The van der Waals surface area contributed by atoms with Gasteiger partial charge < -0.3 is 15.1 Å². The maximum absolute atomic E-state index is 12.8. The van der Waals surface area contributed by atoms with Crippen LogP contribution in [-0.4, -0.2) is 53.2 Å². The molecule has 3 amide bonds. The van der Waals surface area contributed by atoms with Crippen LogP contribution >= 0.6 is 11.8 Å². The number of hydrogen-bond acceptors (Lipinski definition) is 3. The summed E-state index contributed by atoms with van der Waals surface area (Å²) in [5.74, 6) is -0.0378. The SMILES string of the molecule is CC(C)NC(=O)N(C)CCCN1C(=O)[C@H](C)S[C@@H]1c1ccc(C(F)(F)F)cc1. The molecule has 28 heavy (non-hydrogen) atoms. The van der Waals surface area contributed by atoms with Crippen LogP contribution in [0.3, 0.4) is 0 Å². The van der Waals surface area contributed by atoms with Gasteiger partial charge >= 0.3 is 12.2 Å². The van der Waals surface area contributed by atoms with Gasteiger partial charge in [0.1, 0.15) is 5.37 Å². The summed E-state index contributed by atoms with van der Waals surface area (Å²) in [5, 5.41) is 2.22. The van der Waals surface area contributed by atoms with Crippen molar-refractivity contribution >= 4 is 23.7 Å².